The van der Waals surface area contributed by atoms with E-state index in [0.29, 0.717) is 19.6 Å². The fourth-order valence-electron chi connectivity index (χ4n) is 3.18. The van der Waals surface area contributed by atoms with Gasteiger partial charge >= 0.3 is 0 Å². The summed E-state index contributed by atoms with van der Waals surface area (Å²) in [7, 11) is -1.20. The van der Waals surface area contributed by atoms with E-state index >= 15 is 0 Å². The Hall–Kier alpha value is -1.74. The summed E-state index contributed by atoms with van der Waals surface area (Å²) < 4.78 is 29.9. The number of aromatic nitrogens is 5. The van der Waals surface area contributed by atoms with Gasteiger partial charge in [-0.1, -0.05) is 0 Å². The van der Waals surface area contributed by atoms with E-state index < -0.39 is 10.0 Å². The zero-order chi connectivity index (χ0) is 17.3. The van der Waals surface area contributed by atoms with E-state index in [2.05, 4.69) is 15.2 Å². The Labute approximate surface area is 142 Å². The van der Waals surface area contributed by atoms with Crippen LogP contribution in [-0.2, 0) is 23.6 Å². The molecule has 0 saturated carbocycles. The average Bonchev–Trinajstić information content (AvgIpc) is 3.15. The summed E-state index contributed by atoms with van der Waals surface area (Å²) in [4.78, 5) is 4.22. The molecule has 8 nitrogen and oxygen atoms in total. The number of sulfonamides is 1. The monoisotopic (exact) mass is 352 g/mol. The summed E-state index contributed by atoms with van der Waals surface area (Å²) >= 11 is 0. The first-order valence-corrected chi connectivity index (χ1v) is 9.87. The van der Waals surface area contributed by atoms with Crippen molar-refractivity contribution in [1.82, 2.24) is 28.6 Å². The van der Waals surface area contributed by atoms with Crippen molar-refractivity contribution in [3.8, 4) is 0 Å². The van der Waals surface area contributed by atoms with Gasteiger partial charge in [0.15, 0.2) is 5.82 Å². The molecule has 3 rings (SSSR count). The SMILES string of the molecule is CCS(=O)(=O)N1CCCC(c2nnc(Cn3ccnc3C)n2C)C1. The molecule has 2 aromatic heterocycles. The Kier molecular flexibility index (Phi) is 4.73. The minimum absolute atomic E-state index is 0.0928. The highest BCUT2D eigenvalue weighted by atomic mass is 32.2. The van der Waals surface area contributed by atoms with Gasteiger partial charge in [-0.05, 0) is 26.7 Å². The van der Waals surface area contributed by atoms with Crippen molar-refractivity contribution < 1.29 is 8.42 Å². The van der Waals surface area contributed by atoms with Crippen LogP contribution in [0, 0.1) is 6.92 Å². The zero-order valence-corrected chi connectivity index (χ0v) is 15.2. The molecule has 1 saturated heterocycles. The maximum absolute atomic E-state index is 12.1. The van der Waals surface area contributed by atoms with E-state index in [1.165, 1.54) is 0 Å². The molecule has 9 heteroatoms. The molecule has 1 fully saturated rings. The molecule has 0 aromatic carbocycles. The van der Waals surface area contributed by atoms with Crippen LogP contribution in [0.5, 0.6) is 0 Å². The molecule has 0 N–H and O–H groups in total. The van der Waals surface area contributed by atoms with Gasteiger partial charge in [0.25, 0.3) is 0 Å². The molecule has 0 aliphatic carbocycles. The van der Waals surface area contributed by atoms with Crippen molar-refractivity contribution in [2.24, 2.45) is 7.05 Å². The molecule has 1 aliphatic rings. The Morgan fingerprint density at radius 2 is 2.12 bits per heavy atom. The number of piperidine rings is 1. The first-order valence-electron chi connectivity index (χ1n) is 8.26. The van der Waals surface area contributed by atoms with Crippen molar-refractivity contribution in [3.05, 3.63) is 29.9 Å². The molecule has 2 aromatic rings. The third-order valence-electron chi connectivity index (χ3n) is 4.74. The maximum Gasteiger partial charge on any atom is 0.213 e. The molecule has 1 aliphatic heterocycles. The van der Waals surface area contributed by atoms with Gasteiger partial charge in [-0.25, -0.2) is 17.7 Å². The zero-order valence-electron chi connectivity index (χ0n) is 14.4. The van der Waals surface area contributed by atoms with Crippen LogP contribution in [0.1, 0.15) is 43.2 Å². The Morgan fingerprint density at radius 1 is 1.33 bits per heavy atom. The van der Waals surface area contributed by atoms with E-state index in [-0.39, 0.29) is 11.7 Å². The summed E-state index contributed by atoms with van der Waals surface area (Å²) in [6, 6.07) is 0. The second-order valence-corrected chi connectivity index (χ2v) is 8.49. The first-order chi connectivity index (χ1) is 11.4. The van der Waals surface area contributed by atoms with Gasteiger partial charge in [-0.15, -0.1) is 10.2 Å². The van der Waals surface area contributed by atoms with Gasteiger partial charge in [-0.3, -0.25) is 0 Å². The lowest BCUT2D eigenvalue weighted by Gasteiger charge is -2.31. The van der Waals surface area contributed by atoms with Gasteiger partial charge in [0.1, 0.15) is 11.6 Å². The number of rotatable bonds is 5. The maximum atomic E-state index is 12.1. The number of hydrogen-bond donors (Lipinski definition) is 0. The lowest BCUT2D eigenvalue weighted by atomic mass is 9.99. The summed E-state index contributed by atoms with van der Waals surface area (Å²) in [6.07, 6.45) is 5.47. The normalized spacial score (nSPS) is 19.7. The second kappa shape index (κ2) is 6.64. The predicted octanol–water partition coefficient (Wildman–Crippen LogP) is 0.897. The van der Waals surface area contributed by atoms with Crippen LogP contribution in [-0.4, -0.2) is 55.9 Å². The van der Waals surface area contributed by atoms with Crippen molar-refractivity contribution >= 4 is 10.0 Å². The largest absolute Gasteiger partial charge is 0.328 e. The minimum atomic E-state index is -3.15. The standard InChI is InChI=1S/C15H24N6O2S/c1-4-24(22,23)21-8-5-6-13(10-21)15-18-17-14(19(15)3)11-20-9-7-16-12(20)2/h7,9,13H,4-6,8,10-11H2,1-3H3. The van der Waals surface area contributed by atoms with Crippen molar-refractivity contribution in [3.63, 3.8) is 0 Å². The van der Waals surface area contributed by atoms with Crippen LogP contribution in [0.2, 0.25) is 0 Å². The lowest BCUT2D eigenvalue weighted by molar-refractivity contribution is 0.306. The van der Waals surface area contributed by atoms with E-state index in [9.17, 15) is 8.42 Å². The van der Waals surface area contributed by atoms with Crippen molar-refractivity contribution in [1.29, 1.82) is 0 Å². The number of hydrogen-bond acceptors (Lipinski definition) is 5. The molecule has 1 unspecified atom stereocenters. The molecule has 0 radical (unpaired) electrons. The fourth-order valence-corrected chi connectivity index (χ4v) is 4.36. The smallest absolute Gasteiger partial charge is 0.213 e. The Balaban J connectivity index is 1.79. The minimum Gasteiger partial charge on any atom is -0.328 e. The highest BCUT2D eigenvalue weighted by Gasteiger charge is 2.31. The lowest BCUT2D eigenvalue weighted by Crippen LogP contribution is -2.40. The summed E-state index contributed by atoms with van der Waals surface area (Å²) in [5.41, 5.74) is 0. The van der Waals surface area contributed by atoms with Crippen LogP contribution in [0.25, 0.3) is 0 Å². The molecule has 0 bridgehead atoms. The quantitative estimate of drug-likeness (QED) is 0.798. The molecule has 0 spiro atoms. The van der Waals surface area contributed by atoms with E-state index in [1.807, 2.05) is 29.3 Å². The summed E-state index contributed by atoms with van der Waals surface area (Å²) in [6.45, 7) is 5.34. The van der Waals surface area contributed by atoms with Crippen molar-refractivity contribution in [2.45, 2.75) is 39.2 Å². The van der Waals surface area contributed by atoms with Crippen LogP contribution in [0.4, 0.5) is 0 Å². The van der Waals surface area contributed by atoms with Crippen molar-refractivity contribution in [2.75, 3.05) is 18.8 Å². The van der Waals surface area contributed by atoms with Gasteiger partial charge in [0, 0.05) is 38.4 Å². The third-order valence-corrected chi connectivity index (χ3v) is 6.59. The highest BCUT2D eigenvalue weighted by molar-refractivity contribution is 7.89. The predicted molar refractivity (Wildman–Crippen MR) is 90.1 cm³/mol. The Morgan fingerprint density at radius 3 is 2.79 bits per heavy atom. The van der Waals surface area contributed by atoms with Crippen LogP contribution < -0.4 is 0 Å². The molecule has 24 heavy (non-hydrogen) atoms. The van der Waals surface area contributed by atoms with Crippen LogP contribution in [0.3, 0.4) is 0 Å². The van der Waals surface area contributed by atoms with Gasteiger partial charge in [0.2, 0.25) is 10.0 Å². The highest BCUT2D eigenvalue weighted by Crippen LogP contribution is 2.27. The molecule has 0 amide bonds. The summed E-state index contributed by atoms with van der Waals surface area (Å²) in [5, 5.41) is 8.66. The number of imidazole rings is 1. The fraction of sp³-hybridized carbons (Fsp3) is 0.667. The average molecular weight is 352 g/mol. The third kappa shape index (κ3) is 3.23. The molecular formula is C15H24N6O2S. The molecule has 1 atom stereocenters. The van der Waals surface area contributed by atoms with Gasteiger partial charge in [-0.2, -0.15) is 0 Å². The van der Waals surface area contributed by atoms with E-state index in [0.717, 1.165) is 30.3 Å². The number of nitrogens with zero attached hydrogens (tertiary/aromatic N) is 6. The molecule has 132 valence electrons. The second-order valence-electron chi connectivity index (χ2n) is 6.23. The Bertz CT molecular complexity index is 810. The van der Waals surface area contributed by atoms with Crippen LogP contribution in [0.15, 0.2) is 12.4 Å². The van der Waals surface area contributed by atoms with Gasteiger partial charge < -0.3 is 9.13 Å². The molecule has 3 heterocycles. The number of aryl methyl sites for hydroxylation is 1. The summed E-state index contributed by atoms with van der Waals surface area (Å²) in [5.74, 6) is 2.87. The van der Waals surface area contributed by atoms with Crippen LogP contribution >= 0.6 is 0 Å². The molecular weight excluding hydrogens is 328 g/mol. The van der Waals surface area contributed by atoms with E-state index in [4.69, 9.17) is 0 Å². The van der Waals surface area contributed by atoms with Gasteiger partial charge in [0.05, 0.1) is 12.3 Å². The first kappa shape index (κ1) is 17.1. The topological polar surface area (TPSA) is 85.9 Å². The van der Waals surface area contributed by atoms with E-state index in [1.54, 1.807) is 17.4 Å².